The van der Waals surface area contributed by atoms with Gasteiger partial charge in [0, 0.05) is 23.9 Å². The number of rotatable bonds is 1. The average Bonchev–Trinajstić information content (AvgIpc) is 3.07. The number of carbonyl (C=O) groups excluding carboxylic acids is 1. The highest BCUT2D eigenvalue weighted by atomic mass is 32.1. The molecule has 1 amide bonds. The highest BCUT2D eigenvalue weighted by Gasteiger charge is 2.26. The molecule has 0 aliphatic carbocycles. The van der Waals surface area contributed by atoms with Crippen molar-refractivity contribution in [1.29, 1.82) is 0 Å². The lowest BCUT2D eigenvalue weighted by atomic mass is 10.2. The Morgan fingerprint density at radius 1 is 1.32 bits per heavy atom. The SMILES string of the molecule is Cc1nc2ccc(C(=O)N3Cc4cnc(N)nc4C3)cc2s1. The molecule has 0 unspecified atom stereocenters. The molecule has 0 fully saturated rings. The first-order chi connectivity index (χ1) is 10.6. The molecule has 22 heavy (non-hydrogen) atoms. The Hall–Kier alpha value is -2.54. The second kappa shape index (κ2) is 4.74. The maximum atomic E-state index is 12.7. The Balaban J connectivity index is 1.64. The van der Waals surface area contributed by atoms with Gasteiger partial charge in [-0.25, -0.2) is 15.0 Å². The number of aromatic nitrogens is 3. The molecule has 1 aliphatic rings. The Kier molecular flexibility index (Phi) is 2.83. The van der Waals surface area contributed by atoms with E-state index in [0.717, 1.165) is 26.5 Å². The highest BCUT2D eigenvalue weighted by Crippen LogP contribution is 2.26. The van der Waals surface area contributed by atoms with Gasteiger partial charge in [0.1, 0.15) is 0 Å². The molecular formula is C15H13N5OS. The van der Waals surface area contributed by atoms with E-state index in [1.807, 2.05) is 25.1 Å². The molecule has 0 spiro atoms. The minimum Gasteiger partial charge on any atom is -0.368 e. The van der Waals surface area contributed by atoms with Gasteiger partial charge in [0.15, 0.2) is 0 Å². The van der Waals surface area contributed by atoms with Crippen LogP contribution in [0, 0.1) is 6.92 Å². The van der Waals surface area contributed by atoms with Crippen molar-refractivity contribution >= 4 is 33.4 Å². The second-order valence-corrected chi connectivity index (χ2v) is 6.51. The van der Waals surface area contributed by atoms with Crippen LogP contribution in [0.15, 0.2) is 24.4 Å². The first kappa shape index (κ1) is 13.1. The summed E-state index contributed by atoms with van der Waals surface area (Å²) in [6.07, 6.45) is 1.70. The summed E-state index contributed by atoms with van der Waals surface area (Å²) in [6.45, 7) is 2.96. The quantitative estimate of drug-likeness (QED) is 0.744. The molecule has 0 radical (unpaired) electrons. The van der Waals surface area contributed by atoms with Gasteiger partial charge in [0.25, 0.3) is 5.91 Å². The average molecular weight is 311 g/mol. The number of nitrogen functional groups attached to an aromatic ring is 1. The van der Waals surface area contributed by atoms with Crippen LogP contribution in [0.3, 0.4) is 0 Å². The van der Waals surface area contributed by atoms with Gasteiger partial charge in [-0.2, -0.15) is 0 Å². The Morgan fingerprint density at radius 3 is 3.05 bits per heavy atom. The Bertz CT molecular complexity index is 904. The second-order valence-electron chi connectivity index (χ2n) is 5.28. The molecule has 0 saturated heterocycles. The summed E-state index contributed by atoms with van der Waals surface area (Å²) < 4.78 is 1.03. The lowest BCUT2D eigenvalue weighted by molar-refractivity contribution is 0.0750. The van der Waals surface area contributed by atoms with E-state index in [2.05, 4.69) is 15.0 Å². The molecule has 0 saturated carbocycles. The number of nitrogens with two attached hydrogens (primary N) is 1. The van der Waals surface area contributed by atoms with Gasteiger partial charge in [0.05, 0.1) is 27.5 Å². The zero-order valence-corrected chi connectivity index (χ0v) is 12.7. The van der Waals surface area contributed by atoms with Crippen LogP contribution < -0.4 is 5.73 Å². The lowest BCUT2D eigenvalue weighted by Gasteiger charge is -2.14. The molecule has 7 heteroatoms. The number of hydrogen-bond donors (Lipinski definition) is 1. The number of amides is 1. The fraction of sp³-hybridized carbons (Fsp3) is 0.200. The van der Waals surface area contributed by atoms with Crippen molar-refractivity contribution in [3.05, 3.63) is 46.2 Å². The summed E-state index contributed by atoms with van der Waals surface area (Å²) in [5, 5.41) is 0.999. The topological polar surface area (TPSA) is 85.0 Å². The molecule has 1 aliphatic heterocycles. The number of aryl methyl sites for hydroxylation is 1. The molecule has 1 aromatic carbocycles. The van der Waals surface area contributed by atoms with Crippen molar-refractivity contribution in [3.8, 4) is 0 Å². The molecular weight excluding hydrogens is 298 g/mol. The molecule has 4 rings (SSSR count). The zero-order valence-electron chi connectivity index (χ0n) is 11.9. The van der Waals surface area contributed by atoms with Crippen molar-refractivity contribution in [1.82, 2.24) is 19.9 Å². The standard InChI is InChI=1S/C15H13N5OS/c1-8-18-11-3-2-9(4-13(11)22-8)14(21)20-6-10-5-17-15(16)19-12(10)7-20/h2-5H,6-7H2,1H3,(H2,16,17,19). The Morgan fingerprint density at radius 2 is 2.18 bits per heavy atom. The van der Waals surface area contributed by atoms with E-state index in [1.54, 1.807) is 22.4 Å². The van der Waals surface area contributed by atoms with Gasteiger partial charge in [-0.05, 0) is 25.1 Å². The number of hydrogen-bond acceptors (Lipinski definition) is 6. The monoisotopic (exact) mass is 311 g/mol. The van der Waals surface area contributed by atoms with Crippen molar-refractivity contribution in [3.63, 3.8) is 0 Å². The third-order valence-corrected chi connectivity index (χ3v) is 4.64. The molecule has 2 N–H and O–H groups in total. The molecule has 3 heterocycles. The van der Waals surface area contributed by atoms with E-state index in [-0.39, 0.29) is 11.9 Å². The predicted molar refractivity (Wildman–Crippen MR) is 84.4 cm³/mol. The van der Waals surface area contributed by atoms with Crippen molar-refractivity contribution in [2.24, 2.45) is 0 Å². The van der Waals surface area contributed by atoms with Crippen LogP contribution in [-0.4, -0.2) is 25.8 Å². The molecule has 0 bridgehead atoms. The van der Waals surface area contributed by atoms with E-state index in [0.29, 0.717) is 18.7 Å². The Labute approximate surface area is 130 Å². The first-order valence-corrected chi connectivity index (χ1v) is 7.68. The third-order valence-electron chi connectivity index (χ3n) is 3.70. The van der Waals surface area contributed by atoms with Crippen LogP contribution in [-0.2, 0) is 13.1 Å². The molecule has 6 nitrogen and oxygen atoms in total. The fourth-order valence-electron chi connectivity index (χ4n) is 2.67. The summed E-state index contributed by atoms with van der Waals surface area (Å²) in [6, 6.07) is 5.63. The number of thiazole rings is 1. The third kappa shape index (κ3) is 2.10. The smallest absolute Gasteiger partial charge is 0.254 e. The number of anilines is 1. The summed E-state index contributed by atoms with van der Waals surface area (Å²) in [5.74, 6) is 0.235. The molecule has 3 aromatic rings. The summed E-state index contributed by atoms with van der Waals surface area (Å²) in [5.41, 5.74) is 8.99. The number of nitrogens with zero attached hydrogens (tertiary/aromatic N) is 4. The molecule has 110 valence electrons. The lowest BCUT2D eigenvalue weighted by Crippen LogP contribution is -2.25. The van der Waals surface area contributed by atoms with Crippen molar-refractivity contribution < 1.29 is 4.79 Å². The normalized spacial score (nSPS) is 13.6. The van der Waals surface area contributed by atoms with Crippen LogP contribution in [0.2, 0.25) is 0 Å². The predicted octanol–water partition coefficient (Wildman–Crippen LogP) is 2.13. The van der Waals surface area contributed by atoms with Gasteiger partial charge in [-0.15, -0.1) is 11.3 Å². The van der Waals surface area contributed by atoms with E-state index < -0.39 is 0 Å². The summed E-state index contributed by atoms with van der Waals surface area (Å²) in [4.78, 5) is 27.0. The molecule has 2 aromatic heterocycles. The van der Waals surface area contributed by atoms with E-state index >= 15 is 0 Å². The number of carbonyl (C=O) groups is 1. The van der Waals surface area contributed by atoms with E-state index in [4.69, 9.17) is 5.73 Å². The van der Waals surface area contributed by atoms with Crippen LogP contribution in [0.5, 0.6) is 0 Å². The first-order valence-electron chi connectivity index (χ1n) is 6.87. The number of benzene rings is 1. The van der Waals surface area contributed by atoms with Gasteiger partial charge in [-0.3, -0.25) is 4.79 Å². The maximum absolute atomic E-state index is 12.7. The minimum absolute atomic E-state index is 0.00970. The van der Waals surface area contributed by atoms with Crippen molar-refractivity contribution in [2.75, 3.05) is 5.73 Å². The summed E-state index contributed by atoms with van der Waals surface area (Å²) >= 11 is 1.59. The minimum atomic E-state index is -0.00970. The van der Waals surface area contributed by atoms with Crippen LogP contribution in [0.4, 0.5) is 5.95 Å². The number of fused-ring (bicyclic) bond motifs is 2. The highest BCUT2D eigenvalue weighted by molar-refractivity contribution is 7.18. The van der Waals surface area contributed by atoms with Gasteiger partial charge in [-0.1, -0.05) is 0 Å². The van der Waals surface area contributed by atoms with Crippen LogP contribution in [0.25, 0.3) is 10.2 Å². The van der Waals surface area contributed by atoms with Gasteiger partial charge in [0.2, 0.25) is 5.95 Å². The van der Waals surface area contributed by atoms with Crippen LogP contribution >= 0.6 is 11.3 Å². The fourth-order valence-corrected chi connectivity index (χ4v) is 3.53. The van der Waals surface area contributed by atoms with E-state index in [9.17, 15) is 4.79 Å². The zero-order chi connectivity index (χ0) is 15.3. The summed E-state index contributed by atoms with van der Waals surface area (Å²) in [7, 11) is 0. The largest absolute Gasteiger partial charge is 0.368 e. The van der Waals surface area contributed by atoms with E-state index in [1.165, 1.54) is 0 Å². The van der Waals surface area contributed by atoms with Crippen LogP contribution in [0.1, 0.15) is 26.6 Å². The van der Waals surface area contributed by atoms with Crippen molar-refractivity contribution in [2.45, 2.75) is 20.0 Å². The van der Waals surface area contributed by atoms with Gasteiger partial charge < -0.3 is 10.6 Å². The maximum Gasteiger partial charge on any atom is 0.254 e. The van der Waals surface area contributed by atoms with Gasteiger partial charge >= 0.3 is 0 Å². The molecule has 0 atom stereocenters.